The normalized spacial score (nSPS) is 13.2. The molecule has 23 heavy (non-hydrogen) atoms. The lowest BCUT2D eigenvalue weighted by molar-refractivity contribution is -0.137. The largest absolute Gasteiger partial charge is 0.513 e. The van der Waals surface area contributed by atoms with Gasteiger partial charge in [0.15, 0.2) is 0 Å². The summed E-state index contributed by atoms with van der Waals surface area (Å²) in [7, 11) is 0. The third-order valence-corrected chi connectivity index (χ3v) is 3.03. The van der Waals surface area contributed by atoms with Gasteiger partial charge in [0.2, 0.25) is 0 Å². The van der Waals surface area contributed by atoms with Gasteiger partial charge in [-0.15, -0.1) is 0 Å². The molecule has 0 aromatic carbocycles. The second-order valence-corrected chi connectivity index (χ2v) is 5.18. The standard InChI is InChI=1S/C20H30O3/c1-2-3-4-5-6-7-8-9-10-11-12-13-14-16-19(21)17-15-18-20(22)23/h3-4,6-7,9-10,12-13,16,21H,2,5,8,11,14-15,17-18H2,1H3,(H,22,23)/b4-3-,7-6-,10-9-,13-12-,19-16-. The van der Waals surface area contributed by atoms with Gasteiger partial charge in [0.1, 0.15) is 0 Å². The van der Waals surface area contributed by atoms with Crippen LogP contribution in [0.5, 0.6) is 0 Å². The summed E-state index contributed by atoms with van der Waals surface area (Å²) in [6.07, 6.45) is 24.4. The number of carbonyl (C=O) groups is 1. The van der Waals surface area contributed by atoms with E-state index in [1.165, 1.54) is 0 Å². The van der Waals surface area contributed by atoms with Crippen molar-refractivity contribution in [3.05, 3.63) is 60.4 Å². The smallest absolute Gasteiger partial charge is 0.303 e. The molecule has 3 heteroatoms. The highest BCUT2D eigenvalue weighted by Crippen LogP contribution is 2.05. The molecule has 2 N–H and O–H groups in total. The van der Waals surface area contributed by atoms with E-state index in [4.69, 9.17) is 5.11 Å². The maximum atomic E-state index is 10.3. The van der Waals surface area contributed by atoms with Gasteiger partial charge in [0.25, 0.3) is 0 Å². The minimum absolute atomic E-state index is 0.0991. The molecule has 0 atom stereocenters. The number of aliphatic carboxylic acids is 1. The van der Waals surface area contributed by atoms with E-state index in [9.17, 15) is 9.90 Å². The Labute approximate surface area is 140 Å². The molecule has 0 saturated heterocycles. The maximum Gasteiger partial charge on any atom is 0.303 e. The zero-order chi connectivity index (χ0) is 17.2. The fraction of sp³-hybridized carbons (Fsp3) is 0.450. The zero-order valence-electron chi connectivity index (χ0n) is 14.2. The van der Waals surface area contributed by atoms with E-state index in [1.807, 2.05) is 6.08 Å². The maximum absolute atomic E-state index is 10.3. The molecule has 0 amide bonds. The highest BCUT2D eigenvalue weighted by molar-refractivity contribution is 5.66. The highest BCUT2D eigenvalue weighted by Gasteiger charge is 1.98. The van der Waals surface area contributed by atoms with Crippen molar-refractivity contribution in [2.45, 2.75) is 58.3 Å². The van der Waals surface area contributed by atoms with E-state index in [2.05, 4.69) is 49.5 Å². The first-order valence-electron chi connectivity index (χ1n) is 8.36. The molecule has 0 aromatic rings. The van der Waals surface area contributed by atoms with E-state index in [0.717, 1.165) is 25.7 Å². The second kappa shape index (κ2) is 16.3. The third-order valence-electron chi connectivity index (χ3n) is 3.03. The first kappa shape index (κ1) is 21.0. The van der Waals surface area contributed by atoms with Gasteiger partial charge in [0.05, 0.1) is 5.76 Å². The Morgan fingerprint density at radius 1 is 0.739 bits per heavy atom. The van der Waals surface area contributed by atoms with Crippen LogP contribution in [-0.4, -0.2) is 16.2 Å². The molecule has 0 bridgehead atoms. The fourth-order valence-electron chi connectivity index (χ4n) is 1.80. The SMILES string of the molecule is CC/C=C\C/C=C\C/C=C\C/C=C\C/C=C(\O)CCCC(=O)O. The Hall–Kier alpha value is -2.03. The Kier molecular flexibility index (Phi) is 14.9. The lowest BCUT2D eigenvalue weighted by Crippen LogP contribution is -1.94. The van der Waals surface area contributed by atoms with Crippen LogP contribution in [0.2, 0.25) is 0 Å². The summed E-state index contributed by atoms with van der Waals surface area (Å²) in [6, 6.07) is 0. The lowest BCUT2D eigenvalue weighted by Gasteiger charge is -1.97. The van der Waals surface area contributed by atoms with Crippen molar-refractivity contribution in [2.75, 3.05) is 0 Å². The van der Waals surface area contributed by atoms with Gasteiger partial charge in [-0.25, -0.2) is 0 Å². The van der Waals surface area contributed by atoms with Crippen molar-refractivity contribution in [1.29, 1.82) is 0 Å². The van der Waals surface area contributed by atoms with Gasteiger partial charge >= 0.3 is 5.97 Å². The number of hydrogen-bond donors (Lipinski definition) is 2. The first-order valence-corrected chi connectivity index (χ1v) is 8.36. The molecule has 0 aromatic heterocycles. The van der Waals surface area contributed by atoms with Crippen LogP contribution < -0.4 is 0 Å². The van der Waals surface area contributed by atoms with Gasteiger partial charge in [-0.3, -0.25) is 4.79 Å². The van der Waals surface area contributed by atoms with Gasteiger partial charge in [0, 0.05) is 12.8 Å². The van der Waals surface area contributed by atoms with Crippen LogP contribution in [0.25, 0.3) is 0 Å². The van der Waals surface area contributed by atoms with Crippen LogP contribution in [0, 0.1) is 0 Å². The van der Waals surface area contributed by atoms with Crippen molar-refractivity contribution in [3.63, 3.8) is 0 Å². The summed E-state index contributed by atoms with van der Waals surface area (Å²) in [5.41, 5.74) is 0. The van der Waals surface area contributed by atoms with E-state index >= 15 is 0 Å². The Morgan fingerprint density at radius 2 is 1.22 bits per heavy atom. The van der Waals surface area contributed by atoms with Crippen molar-refractivity contribution >= 4 is 5.97 Å². The van der Waals surface area contributed by atoms with Gasteiger partial charge in [-0.2, -0.15) is 0 Å². The van der Waals surface area contributed by atoms with Crippen LogP contribution in [0.1, 0.15) is 58.3 Å². The number of allylic oxidation sites excluding steroid dienone is 10. The molecule has 0 fully saturated rings. The molecular formula is C20H30O3. The molecule has 0 aliphatic rings. The summed E-state index contributed by atoms with van der Waals surface area (Å²) in [5.74, 6) is -0.551. The van der Waals surface area contributed by atoms with Gasteiger partial charge in [-0.1, -0.05) is 55.5 Å². The third kappa shape index (κ3) is 17.9. The predicted octanol–water partition coefficient (Wildman–Crippen LogP) is 5.88. The van der Waals surface area contributed by atoms with Crippen molar-refractivity contribution in [2.24, 2.45) is 0 Å². The molecule has 0 spiro atoms. The summed E-state index contributed by atoms with van der Waals surface area (Å²) < 4.78 is 0. The molecule has 0 saturated carbocycles. The van der Waals surface area contributed by atoms with Crippen LogP contribution in [0.3, 0.4) is 0 Å². The molecule has 128 valence electrons. The molecular weight excluding hydrogens is 288 g/mol. The van der Waals surface area contributed by atoms with Crippen LogP contribution in [0.15, 0.2) is 60.4 Å². The second-order valence-electron chi connectivity index (χ2n) is 5.18. The average Bonchev–Trinajstić information content (AvgIpc) is 2.51. The minimum atomic E-state index is -0.822. The highest BCUT2D eigenvalue weighted by atomic mass is 16.4. The number of carboxylic acids is 1. The minimum Gasteiger partial charge on any atom is -0.513 e. The summed E-state index contributed by atoms with van der Waals surface area (Å²) >= 11 is 0. The van der Waals surface area contributed by atoms with Crippen LogP contribution in [-0.2, 0) is 4.79 Å². The Morgan fingerprint density at radius 3 is 1.70 bits per heavy atom. The number of carboxylic acid groups (broad SMARTS) is 1. The zero-order valence-corrected chi connectivity index (χ0v) is 14.2. The van der Waals surface area contributed by atoms with Gasteiger partial charge in [-0.05, 0) is 44.6 Å². The monoisotopic (exact) mass is 318 g/mol. The number of hydrogen-bond acceptors (Lipinski definition) is 2. The lowest BCUT2D eigenvalue weighted by atomic mass is 10.2. The van der Waals surface area contributed by atoms with Crippen molar-refractivity contribution in [3.8, 4) is 0 Å². The van der Waals surface area contributed by atoms with Gasteiger partial charge < -0.3 is 10.2 Å². The molecule has 3 nitrogen and oxygen atoms in total. The van der Waals surface area contributed by atoms with Crippen molar-refractivity contribution < 1.29 is 15.0 Å². The molecule has 0 aliphatic heterocycles. The predicted molar refractivity (Wildman–Crippen MR) is 97.5 cm³/mol. The summed E-state index contributed by atoms with van der Waals surface area (Å²) in [4.78, 5) is 10.3. The summed E-state index contributed by atoms with van der Waals surface area (Å²) in [6.45, 7) is 2.13. The molecule has 0 radical (unpaired) electrons. The first-order chi connectivity index (χ1) is 11.2. The van der Waals surface area contributed by atoms with E-state index in [-0.39, 0.29) is 12.2 Å². The van der Waals surface area contributed by atoms with Crippen molar-refractivity contribution in [1.82, 2.24) is 0 Å². The summed E-state index contributed by atoms with van der Waals surface area (Å²) in [5, 5.41) is 18.0. The Balaban J connectivity index is 3.64. The molecule has 0 aliphatic carbocycles. The molecule has 0 unspecified atom stereocenters. The number of aliphatic hydroxyl groups is 1. The quantitative estimate of drug-likeness (QED) is 0.329. The molecule has 0 heterocycles. The fourth-order valence-corrected chi connectivity index (χ4v) is 1.80. The van der Waals surface area contributed by atoms with Crippen LogP contribution >= 0.6 is 0 Å². The Bertz CT molecular complexity index is 440. The number of aliphatic hydroxyl groups excluding tert-OH is 1. The average molecular weight is 318 g/mol. The van der Waals surface area contributed by atoms with E-state index in [1.54, 1.807) is 6.08 Å². The number of rotatable bonds is 13. The van der Waals surface area contributed by atoms with E-state index < -0.39 is 5.97 Å². The van der Waals surface area contributed by atoms with Crippen LogP contribution in [0.4, 0.5) is 0 Å². The molecule has 0 rings (SSSR count). The van der Waals surface area contributed by atoms with E-state index in [0.29, 0.717) is 19.3 Å². The topological polar surface area (TPSA) is 57.5 Å².